The first-order valence-corrected chi connectivity index (χ1v) is 5.41. The maximum absolute atomic E-state index is 5.89. The summed E-state index contributed by atoms with van der Waals surface area (Å²) in [6.45, 7) is 2.10. The summed E-state index contributed by atoms with van der Waals surface area (Å²) in [6.07, 6.45) is 4.99. The predicted molar refractivity (Wildman–Crippen MR) is 53.9 cm³/mol. The predicted octanol–water partition coefficient (Wildman–Crippen LogP) is 0.856. The molecule has 1 unspecified atom stereocenters. The van der Waals surface area contributed by atoms with Gasteiger partial charge in [-0.15, -0.1) is 0 Å². The molecule has 0 bridgehead atoms. The first-order valence-electron chi connectivity index (χ1n) is 4.63. The van der Waals surface area contributed by atoms with Crippen LogP contribution in [-0.4, -0.2) is 28.5 Å². The van der Waals surface area contributed by atoms with Crippen LogP contribution in [0.4, 0.5) is 5.13 Å². The molecule has 5 heteroatoms. The Balaban J connectivity index is 2.00. The van der Waals surface area contributed by atoms with Crippen molar-refractivity contribution in [3.8, 4) is 0 Å². The summed E-state index contributed by atoms with van der Waals surface area (Å²) in [5, 5.41) is 1.04. The summed E-state index contributed by atoms with van der Waals surface area (Å²) in [6, 6.07) is 0.373. The van der Waals surface area contributed by atoms with Crippen molar-refractivity contribution < 1.29 is 0 Å². The van der Waals surface area contributed by atoms with Crippen LogP contribution < -0.4 is 10.6 Å². The molecule has 4 nitrogen and oxygen atoms in total. The molecule has 72 valence electrons. The number of hydrogen-bond donors (Lipinski definition) is 1. The second kappa shape index (κ2) is 4.02. The Labute approximate surface area is 81.9 Å². The van der Waals surface area contributed by atoms with Crippen LogP contribution in [0.3, 0.4) is 0 Å². The number of aromatic nitrogens is 2. The fourth-order valence-electron chi connectivity index (χ4n) is 1.62. The summed E-state index contributed by atoms with van der Waals surface area (Å²) in [4.78, 5) is 6.48. The van der Waals surface area contributed by atoms with Gasteiger partial charge in [0.15, 0.2) is 0 Å². The van der Waals surface area contributed by atoms with Gasteiger partial charge in [0, 0.05) is 30.7 Å². The lowest BCUT2D eigenvalue weighted by molar-refractivity contribution is 0.601. The van der Waals surface area contributed by atoms with E-state index in [2.05, 4.69) is 14.3 Å². The fraction of sp³-hybridized carbons (Fsp3) is 0.750. The number of hydrogen-bond acceptors (Lipinski definition) is 5. The van der Waals surface area contributed by atoms with Crippen molar-refractivity contribution in [3.05, 3.63) is 6.33 Å². The first-order chi connectivity index (χ1) is 6.36. The smallest absolute Gasteiger partial charge is 0.204 e. The topological polar surface area (TPSA) is 55.0 Å². The van der Waals surface area contributed by atoms with Crippen LogP contribution in [0.2, 0.25) is 0 Å². The van der Waals surface area contributed by atoms with E-state index in [1.807, 2.05) is 0 Å². The molecule has 1 aromatic heterocycles. The Morgan fingerprint density at radius 3 is 3.15 bits per heavy atom. The van der Waals surface area contributed by atoms with E-state index >= 15 is 0 Å². The quantitative estimate of drug-likeness (QED) is 0.727. The van der Waals surface area contributed by atoms with E-state index < -0.39 is 0 Å². The van der Waals surface area contributed by atoms with E-state index in [9.17, 15) is 0 Å². The highest BCUT2D eigenvalue weighted by Gasteiger charge is 2.15. The molecular formula is C8H14N4S. The third-order valence-electron chi connectivity index (χ3n) is 2.39. The number of rotatable bonds is 1. The molecule has 0 radical (unpaired) electrons. The molecule has 1 aliphatic heterocycles. The Kier molecular flexibility index (Phi) is 2.75. The molecule has 0 spiro atoms. The van der Waals surface area contributed by atoms with Gasteiger partial charge in [0.25, 0.3) is 0 Å². The van der Waals surface area contributed by atoms with Crippen molar-refractivity contribution >= 4 is 16.7 Å². The molecular weight excluding hydrogens is 184 g/mol. The SMILES string of the molecule is NC1CCCN(c2ncns2)CC1. The van der Waals surface area contributed by atoms with Crippen LogP contribution in [0, 0.1) is 0 Å². The molecule has 2 heterocycles. The van der Waals surface area contributed by atoms with Gasteiger partial charge in [-0.2, -0.15) is 4.37 Å². The van der Waals surface area contributed by atoms with Crippen molar-refractivity contribution in [2.75, 3.05) is 18.0 Å². The molecule has 2 rings (SSSR count). The van der Waals surface area contributed by atoms with Crippen LogP contribution in [0.1, 0.15) is 19.3 Å². The second-order valence-corrected chi connectivity index (χ2v) is 4.16. The zero-order valence-electron chi connectivity index (χ0n) is 7.52. The van der Waals surface area contributed by atoms with Gasteiger partial charge in [0.05, 0.1) is 0 Å². The van der Waals surface area contributed by atoms with Gasteiger partial charge in [-0.05, 0) is 19.3 Å². The molecule has 0 aromatic carbocycles. The molecule has 1 atom stereocenters. The second-order valence-electron chi connectivity index (χ2n) is 3.40. The summed E-state index contributed by atoms with van der Waals surface area (Å²) in [5.41, 5.74) is 5.89. The standard InChI is InChI=1S/C8H14N4S/c9-7-2-1-4-12(5-3-7)8-10-6-11-13-8/h6-7H,1-5,9H2. The molecule has 0 saturated carbocycles. The fourth-order valence-corrected chi connectivity index (χ4v) is 2.20. The molecule has 1 aliphatic rings. The van der Waals surface area contributed by atoms with Crippen LogP contribution in [0.15, 0.2) is 6.33 Å². The minimum Gasteiger partial charge on any atom is -0.347 e. The van der Waals surface area contributed by atoms with Crippen molar-refractivity contribution in [2.45, 2.75) is 25.3 Å². The van der Waals surface area contributed by atoms with Crippen molar-refractivity contribution in [1.82, 2.24) is 9.36 Å². The van der Waals surface area contributed by atoms with Crippen LogP contribution in [-0.2, 0) is 0 Å². The van der Waals surface area contributed by atoms with E-state index in [1.165, 1.54) is 18.0 Å². The Hall–Kier alpha value is -0.680. The molecule has 0 amide bonds. The number of nitrogens with two attached hydrogens (primary N) is 1. The van der Waals surface area contributed by atoms with Crippen LogP contribution in [0.5, 0.6) is 0 Å². The van der Waals surface area contributed by atoms with Crippen molar-refractivity contribution in [2.24, 2.45) is 5.73 Å². The van der Waals surface area contributed by atoms with Crippen molar-refractivity contribution in [3.63, 3.8) is 0 Å². The summed E-state index contributed by atoms with van der Waals surface area (Å²) >= 11 is 1.46. The molecule has 13 heavy (non-hydrogen) atoms. The lowest BCUT2D eigenvalue weighted by Crippen LogP contribution is -2.26. The van der Waals surface area contributed by atoms with Gasteiger partial charge in [-0.1, -0.05) is 0 Å². The maximum Gasteiger partial charge on any atom is 0.204 e. The van der Waals surface area contributed by atoms with E-state index in [4.69, 9.17) is 5.73 Å². The third kappa shape index (κ3) is 2.16. The van der Waals surface area contributed by atoms with E-state index in [-0.39, 0.29) is 0 Å². The zero-order chi connectivity index (χ0) is 9.10. The Morgan fingerprint density at radius 1 is 1.46 bits per heavy atom. The Bertz CT molecular complexity index is 249. The van der Waals surface area contributed by atoms with Gasteiger partial charge in [0.1, 0.15) is 6.33 Å². The minimum atomic E-state index is 0.373. The largest absolute Gasteiger partial charge is 0.347 e. The molecule has 2 N–H and O–H groups in total. The summed E-state index contributed by atoms with van der Waals surface area (Å²) in [7, 11) is 0. The normalized spacial score (nSPS) is 24.4. The van der Waals surface area contributed by atoms with E-state index in [1.54, 1.807) is 6.33 Å². The lowest BCUT2D eigenvalue weighted by Gasteiger charge is -2.17. The molecule has 0 aliphatic carbocycles. The van der Waals surface area contributed by atoms with Gasteiger partial charge in [0.2, 0.25) is 5.13 Å². The van der Waals surface area contributed by atoms with Gasteiger partial charge in [-0.3, -0.25) is 0 Å². The zero-order valence-corrected chi connectivity index (χ0v) is 8.33. The lowest BCUT2D eigenvalue weighted by atomic mass is 10.1. The molecule has 1 aromatic rings. The summed E-state index contributed by atoms with van der Waals surface area (Å²) < 4.78 is 4.00. The highest BCUT2D eigenvalue weighted by atomic mass is 32.1. The average molecular weight is 198 g/mol. The van der Waals surface area contributed by atoms with Gasteiger partial charge < -0.3 is 10.6 Å². The summed E-state index contributed by atoms with van der Waals surface area (Å²) in [5.74, 6) is 0. The highest BCUT2D eigenvalue weighted by molar-refractivity contribution is 7.09. The number of anilines is 1. The van der Waals surface area contributed by atoms with E-state index in [0.717, 1.165) is 31.1 Å². The van der Waals surface area contributed by atoms with Crippen LogP contribution in [0.25, 0.3) is 0 Å². The minimum absolute atomic E-state index is 0.373. The highest BCUT2D eigenvalue weighted by Crippen LogP contribution is 2.19. The van der Waals surface area contributed by atoms with Gasteiger partial charge >= 0.3 is 0 Å². The van der Waals surface area contributed by atoms with Crippen LogP contribution >= 0.6 is 11.5 Å². The monoisotopic (exact) mass is 198 g/mol. The van der Waals surface area contributed by atoms with Gasteiger partial charge in [-0.25, -0.2) is 4.98 Å². The number of nitrogens with zero attached hydrogens (tertiary/aromatic N) is 3. The van der Waals surface area contributed by atoms with E-state index in [0.29, 0.717) is 6.04 Å². The third-order valence-corrected chi connectivity index (χ3v) is 3.12. The molecule has 1 saturated heterocycles. The Morgan fingerprint density at radius 2 is 2.38 bits per heavy atom. The van der Waals surface area contributed by atoms with Crippen molar-refractivity contribution in [1.29, 1.82) is 0 Å². The average Bonchev–Trinajstić information content (AvgIpc) is 2.56. The molecule has 1 fully saturated rings. The first kappa shape index (κ1) is 8.90. The maximum atomic E-state index is 5.89.